The zero-order valence-corrected chi connectivity index (χ0v) is 13.5. The van der Waals surface area contributed by atoms with Gasteiger partial charge in [0.25, 0.3) is 11.5 Å². The van der Waals surface area contributed by atoms with Crippen LogP contribution in [0.5, 0.6) is 5.75 Å². The number of anilines is 1. The second kappa shape index (κ2) is 6.61. The first-order valence-corrected chi connectivity index (χ1v) is 7.23. The van der Waals surface area contributed by atoms with Gasteiger partial charge >= 0.3 is 5.69 Å². The van der Waals surface area contributed by atoms with Crippen LogP contribution in [-0.4, -0.2) is 22.0 Å². The van der Waals surface area contributed by atoms with Crippen molar-refractivity contribution in [2.75, 3.05) is 5.32 Å². The van der Waals surface area contributed by atoms with E-state index in [1.165, 1.54) is 6.92 Å². The molecule has 0 aliphatic heterocycles. The van der Waals surface area contributed by atoms with Crippen LogP contribution in [0.4, 0.5) is 5.69 Å². The van der Waals surface area contributed by atoms with E-state index in [0.717, 1.165) is 0 Å². The Morgan fingerprint density at radius 1 is 1.27 bits per heavy atom. The first-order valence-electron chi connectivity index (χ1n) is 6.43. The maximum Gasteiger partial charge on any atom is 0.326 e. The fourth-order valence-corrected chi connectivity index (χ4v) is 2.14. The zero-order valence-electron chi connectivity index (χ0n) is 11.9. The Morgan fingerprint density at radius 3 is 2.59 bits per heavy atom. The SMILES string of the molecule is Cc1[nH]c(=O)[nH]c(=O)c1NC(=O)C(C)Oc1ccccc1Br. The van der Waals surface area contributed by atoms with Crippen LogP contribution in [0, 0.1) is 6.92 Å². The molecule has 0 spiro atoms. The van der Waals surface area contributed by atoms with Gasteiger partial charge in [0.2, 0.25) is 0 Å². The van der Waals surface area contributed by atoms with Crippen LogP contribution in [0.15, 0.2) is 38.3 Å². The summed E-state index contributed by atoms with van der Waals surface area (Å²) in [7, 11) is 0. The van der Waals surface area contributed by atoms with E-state index in [9.17, 15) is 14.4 Å². The molecule has 0 aliphatic rings. The molecule has 0 saturated carbocycles. The number of aromatic nitrogens is 2. The van der Waals surface area contributed by atoms with Crippen LogP contribution in [-0.2, 0) is 4.79 Å². The summed E-state index contributed by atoms with van der Waals surface area (Å²) < 4.78 is 6.25. The van der Waals surface area contributed by atoms with E-state index in [2.05, 4.69) is 31.2 Å². The maximum absolute atomic E-state index is 12.1. The zero-order chi connectivity index (χ0) is 16.3. The number of carbonyl (C=O) groups is 1. The van der Waals surface area contributed by atoms with Crippen molar-refractivity contribution in [1.29, 1.82) is 0 Å². The third-order valence-corrected chi connectivity index (χ3v) is 3.54. The lowest BCUT2D eigenvalue weighted by atomic mass is 10.3. The molecule has 1 aromatic carbocycles. The average molecular weight is 368 g/mol. The van der Waals surface area contributed by atoms with Gasteiger partial charge in [-0.05, 0) is 41.9 Å². The molecule has 1 amide bonds. The van der Waals surface area contributed by atoms with Crippen LogP contribution in [0.2, 0.25) is 0 Å². The number of H-pyrrole nitrogens is 2. The highest BCUT2D eigenvalue weighted by atomic mass is 79.9. The summed E-state index contributed by atoms with van der Waals surface area (Å²) in [6, 6.07) is 7.11. The topological polar surface area (TPSA) is 104 Å². The molecule has 7 nitrogen and oxygen atoms in total. The molecular formula is C14H14BrN3O4. The minimum atomic E-state index is -0.829. The molecule has 0 aliphatic carbocycles. The van der Waals surface area contributed by atoms with E-state index in [4.69, 9.17) is 4.74 Å². The van der Waals surface area contributed by atoms with Crippen molar-refractivity contribution in [3.63, 3.8) is 0 Å². The lowest BCUT2D eigenvalue weighted by Crippen LogP contribution is -2.34. The molecule has 0 radical (unpaired) electrons. The van der Waals surface area contributed by atoms with Crippen molar-refractivity contribution in [2.45, 2.75) is 20.0 Å². The molecule has 0 fully saturated rings. The number of nitrogens with one attached hydrogen (secondary N) is 3. The van der Waals surface area contributed by atoms with Gasteiger partial charge in [-0.15, -0.1) is 0 Å². The number of hydrogen-bond acceptors (Lipinski definition) is 4. The minimum absolute atomic E-state index is 0.00724. The molecule has 1 aromatic heterocycles. The van der Waals surface area contributed by atoms with Crippen LogP contribution >= 0.6 is 15.9 Å². The Hall–Kier alpha value is -2.35. The van der Waals surface area contributed by atoms with Crippen molar-refractivity contribution in [3.8, 4) is 5.75 Å². The van der Waals surface area contributed by atoms with Crippen LogP contribution < -0.4 is 21.3 Å². The van der Waals surface area contributed by atoms with Crippen LogP contribution in [0.3, 0.4) is 0 Å². The van der Waals surface area contributed by atoms with Gasteiger partial charge in [-0.1, -0.05) is 12.1 Å². The number of amides is 1. The number of rotatable bonds is 4. The Bertz CT molecular complexity index is 812. The lowest BCUT2D eigenvalue weighted by molar-refractivity contribution is -0.122. The van der Waals surface area contributed by atoms with Gasteiger partial charge in [-0.3, -0.25) is 14.6 Å². The van der Waals surface area contributed by atoms with Gasteiger partial charge in [-0.2, -0.15) is 0 Å². The fraction of sp³-hybridized carbons (Fsp3) is 0.214. The molecule has 3 N–H and O–H groups in total. The number of ether oxygens (including phenoxy) is 1. The van der Waals surface area contributed by atoms with E-state index in [-0.39, 0.29) is 11.4 Å². The molecule has 1 atom stereocenters. The second-order valence-electron chi connectivity index (χ2n) is 4.59. The third kappa shape index (κ3) is 3.64. The highest BCUT2D eigenvalue weighted by Crippen LogP contribution is 2.24. The molecule has 2 rings (SSSR count). The molecule has 116 valence electrons. The molecular weight excluding hydrogens is 354 g/mol. The summed E-state index contributed by atoms with van der Waals surface area (Å²) in [5, 5.41) is 2.45. The second-order valence-corrected chi connectivity index (χ2v) is 5.44. The molecule has 1 unspecified atom stereocenters. The quantitative estimate of drug-likeness (QED) is 0.762. The lowest BCUT2D eigenvalue weighted by Gasteiger charge is -2.15. The van der Waals surface area contributed by atoms with Gasteiger partial charge in [-0.25, -0.2) is 4.79 Å². The predicted octanol–water partition coefficient (Wildman–Crippen LogP) is 1.54. The molecule has 1 heterocycles. The number of halogens is 1. The van der Waals surface area contributed by atoms with Crippen LogP contribution in [0.1, 0.15) is 12.6 Å². The van der Waals surface area contributed by atoms with Crippen molar-refractivity contribution >= 4 is 27.5 Å². The number of aryl methyl sites for hydroxylation is 1. The summed E-state index contributed by atoms with van der Waals surface area (Å²) in [4.78, 5) is 39.4. The molecule has 8 heteroatoms. The molecule has 22 heavy (non-hydrogen) atoms. The summed E-state index contributed by atoms with van der Waals surface area (Å²) >= 11 is 3.32. The summed E-state index contributed by atoms with van der Waals surface area (Å²) in [5.74, 6) is 0.00801. The number of benzene rings is 1. The number of carbonyl (C=O) groups excluding carboxylic acids is 1. The predicted molar refractivity (Wildman–Crippen MR) is 85.3 cm³/mol. The summed E-state index contributed by atoms with van der Waals surface area (Å²) in [6.45, 7) is 3.08. The third-order valence-electron chi connectivity index (χ3n) is 2.89. The van der Waals surface area contributed by atoms with Crippen LogP contribution in [0.25, 0.3) is 0 Å². The van der Waals surface area contributed by atoms with E-state index in [0.29, 0.717) is 10.2 Å². The minimum Gasteiger partial charge on any atom is -0.480 e. The van der Waals surface area contributed by atoms with Gasteiger partial charge < -0.3 is 15.0 Å². The first-order chi connectivity index (χ1) is 10.4. The normalized spacial score (nSPS) is 11.8. The Labute approximate surface area is 133 Å². The monoisotopic (exact) mass is 367 g/mol. The van der Waals surface area contributed by atoms with E-state index in [1.807, 2.05) is 6.07 Å². The largest absolute Gasteiger partial charge is 0.480 e. The van der Waals surface area contributed by atoms with Crippen molar-refractivity contribution in [1.82, 2.24) is 9.97 Å². The van der Waals surface area contributed by atoms with Gasteiger partial charge in [0, 0.05) is 5.69 Å². The van der Waals surface area contributed by atoms with Crippen molar-refractivity contribution < 1.29 is 9.53 Å². The summed E-state index contributed by atoms with van der Waals surface area (Å²) in [6.07, 6.45) is -0.829. The first kappa shape index (κ1) is 16.0. The Balaban J connectivity index is 2.14. The number of aromatic amines is 2. The molecule has 0 saturated heterocycles. The van der Waals surface area contributed by atoms with E-state index >= 15 is 0 Å². The highest BCUT2D eigenvalue weighted by molar-refractivity contribution is 9.10. The van der Waals surface area contributed by atoms with Gasteiger partial charge in [0.05, 0.1) is 4.47 Å². The Morgan fingerprint density at radius 2 is 1.95 bits per heavy atom. The molecule has 2 aromatic rings. The van der Waals surface area contributed by atoms with Crippen molar-refractivity contribution in [2.24, 2.45) is 0 Å². The average Bonchev–Trinajstić information content (AvgIpc) is 2.45. The van der Waals surface area contributed by atoms with E-state index in [1.54, 1.807) is 25.1 Å². The Kier molecular flexibility index (Phi) is 4.81. The summed E-state index contributed by atoms with van der Waals surface area (Å²) in [5.41, 5.74) is -1.02. The molecule has 0 bridgehead atoms. The van der Waals surface area contributed by atoms with Gasteiger partial charge in [0.15, 0.2) is 6.10 Å². The number of hydrogen-bond donors (Lipinski definition) is 3. The maximum atomic E-state index is 12.1. The highest BCUT2D eigenvalue weighted by Gasteiger charge is 2.18. The number of para-hydroxylation sites is 1. The van der Waals surface area contributed by atoms with E-state index < -0.39 is 23.3 Å². The fourth-order valence-electron chi connectivity index (χ4n) is 1.76. The van der Waals surface area contributed by atoms with Gasteiger partial charge in [0.1, 0.15) is 11.4 Å². The van der Waals surface area contributed by atoms with Crippen molar-refractivity contribution in [3.05, 3.63) is 55.3 Å². The smallest absolute Gasteiger partial charge is 0.326 e. The standard InChI is InChI=1S/C14H14BrN3O4/c1-7-11(13(20)18-14(21)16-7)17-12(19)8(2)22-10-6-4-3-5-9(10)15/h3-6,8H,1-2H3,(H,17,19)(H2,16,18,20,21).